The van der Waals surface area contributed by atoms with Gasteiger partial charge in [-0.1, -0.05) is 87.4 Å². The first-order valence-corrected chi connectivity index (χ1v) is 36.7. The first-order chi connectivity index (χ1) is 53.0. The number of aromatic amines is 2. The van der Waals surface area contributed by atoms with Crippen LogP contribution in [-0.4, -0.2) is 190 Å². The number of phenolic OH excluding ortho intramolecular Hbond substituents is 2. The van der Waals surface area contributed by atoms with Gasteiger partial charge in [-0.05, 0) is 129 Å². The van der Waals surface area contributed by atoms with E-state index in [9.17, 15) is 43.8 Å². The Hall–Kier alpha value is -12.7. The summed E-state index contributed by atoms with van der Waals surface area (Å²) >= 11 is 0. The Labute approximate surface area is 641 Å². The number of amides is 10. The second kappa shape index (κ2) is 44.6. The Morgan fingerprint density at radius 2 is 0.613 bits per heavy atom. The van der Waals surface area contributed by atoms with E-state index in [1.54, 1.807) is 50.5 Å². The van der Waals surface area contributed by atoms with Crippen LogP contribution in [0.15, 0.2) is 129 Å². The molecular formula is C74H107N25O12. The fraction of sp³-hybridized carbons (Fsp3) is 0.432. The van der Waals surface area contributed by atoms with Crippen LogP contribution in [0.2, 0.25) is 0 Å². The van der Waals surface area contributed by atoms with E-state index >= 15 is 14.4 Å². The number of aliphatic imine (C=N–C) groups is 4. The van der Waals surface area contributed by atoms with Crippen LogP contribution in [0.5, 0.6) is 11.5 Å². The molecule has 10 unspecified atom stereocenters. The molecule has 2 aromatic heterocycles. The van der Waals surface area contributed by atoms with Gasteiger partial charge in [0.05, 0.1) is 6.04 Å². The maximum atomic E-state index is 15.4. The summed E-state index contributed by atoms with van der Waals surface area (Å²) in [5.74, 6) is -9.58. The van der Waals surface area contributed by atoms with Crippen LogP contribution in [0.25, 0.3) is 21.8 Å². The number of nitrogens with one attached hydrogen (secondary N) is 11. The van der Waals surface area contributed by atoms with Gasteiger partial charge in [-0.15, -0.1) is 0 Å². The van der Waals surface area contributed by atoms with Crippen LogP contribution in [0.4, 0.5) is 0 Å². The van der Waals surface area contributed by atoms with Gasteiger partial charge in [0.2, 0.25) is 59.1 Å². The van der Waals surface area contributed by atoms with Gasteiger partial charge in [0.15, 0.2) is 23.8 Å². The van der Waals surface area contributed by atoms with E-state index in [0.29, 0.717) is 40.4 Å². The lowest BCUT2D eigenvalue weighted by molar-refractivity contribution is -0.136. The van der Waals surface area contributed by atoms with E-state index in [1.807, 2.05) is 24.3 Å². The van der Waals surface area contributed by atoms with E-state index < -0.39 is 119 Å². The quantitative estimate of drug-likeness (QED) is 0.0105. The van der Waals surface area contributed by atoms with E-state index in [1.165, 1.54) is 48.5 Å². The molecule has 10 amide bonds. The number of benzene rings is 4. The SMILES string of the molecule is CCCC(NC(=O)C(CCCN=C(N)N)NC(=O)C(N)Cc1c[nH]c2ccccc12)C(=O)NC(CCCN=C(N)N)C(=O)NC(Cc1ccc(O)cc1)C(=O)NC(Cc1c[nH]c2ccccc12)C(=O)NC(CCCN=C(N)N)C(=O)NC(CCC)C(=O)NC(CCCN=C(N)N)C(=O)NC(Cc1ccc(O)cc1)C(N)=O. The number of phenols is 2. The number of carbonyl (C=O) groups excluding carboxylic acids is 10. The van der Waals surface area contributed by atoms with Gasteiger partial charge >= 0.3 is 0 Å². The summed E-state index contributed by atoms with van der Waals surface area (Å²) in [5.41, 5.74) is 60.9. The number of H-pyrrole nitrogens is 2. The molecule has 0 aliphatic rings. The summed E-state index contributed by atoms with van der Waals surface area (Å²) in [7, 11) is 0. The fourth-order valence-corrected chi connectivity index (χ4v) is 12.2. The summed E-state index contributed by atoms with van der Waals surface area (Å²) in [6.45, 7) is 3.58. The Morgan fingerprint density at radius 1 is 0.342 bits per heavy atom. The highest BCUT2D eigenvalue weighted by Crippen LogP contribution is 2.22. The molecule has 37 nitrogen and oxygen atoms in total. The van der Waals surface area contributed by atoms with Crippen molar-refractivity contribution >= 4 is 105 Å². The molecule has 0 fully saturated rings. The Kier molecular flexibility index (Phi) is 35.0. The number of primary amides is 1. The number of hydrogen-bond donors (Lipinski definition) is 23. The summed E-state index contributed by atoms with van der Waals surface area (Å²) in [6, 6.07) is 12.4. The van der Waals surface area contributed by atoms with Crippen molar-refractivity contribution in [2.75, 3.05) is 26.2 Å². The standard InChI is InChI=1S/C74H107N25O12/c1-3-13-52(92-65(106)54(19-9-31-85-71(77)78)91-62(103)49(75)37-43-39-89-50-17-7-5-15-47(43)50)64(105)95-57(22-12-34-88-74(83)84)68(109)98-59(36-42-25-29-46(101)30-26-42)69(110)99-60(38-44-40-90-51-18-8-6-16-48(44)51)70(111)96-55(20-10-32-86-72(79)80)66(107)93-53(14-4-2)63(104)94-56(21-11-33-87-73(81)82)67(108)97-58(61(76)102)35-41-23-27-45(100)28-24-41/h5-8,15-18,23-30,39-40,49,52-60,89-90,100-101H,3-4,9-14,19-22,31-38,75H2,1-2H3,(H2,76,102)(H,91,103)(H,92,106)(H,93,107)(H,94,104)(H,95,105)(H,96,111)(H,97,108)(H,98,109)(H,99,110)(H4,77,78,85)(H4,79,80,86)(H4,81,82,87)(H4,83,84,88). The van der Waals surface area contributed by atoms with E-state index in [0.717, 1.165) is 16.5 Å². The van der Waals surface area contributed by atoms with Crippen LogP contribution in [-0.2, 0) is 73.6 Å². The molecule has 33 N–H and O–H groups in total. The number of aromatic nitrogens is 2. The number of nitrogens with two attached hydrogens (primary N) is 10. The molecule has 0 spiro atoms. The lowest BCUT2D eigenvalue weighted by Crippen LogP contribution is -2.61. The molecule has 2 heterocycles. The largest absolute Gasteiger partial charge is 0.508 e. The zero-order valence-electron chi connectivity index (χ0n) is 62.3. The van der Waals surface area contributed by atoms with Crippen LogP contribution >= 0.6 is 0 Å². The summed E-state index contributed by atoms with van der Waals surface area (Å²) in [6.07, 6.45) is 3.68. The van der Waals surface area contributed by atoms with E-state index in [4.69, 9.17) is 57.3 Å². The van der Waals surface area contributed by atoms with E-state index in [2.05, 4.69) is 77.8 Å². The molecule has 0 saturated heterocycles. The zero-order valence-corrected chi connectivity index (χ0v) is 62.3. The number of para-hydroxylation sites is 2. The molecule has 0 radical (unpaired) electrons. The number of rotatable bonds is 47. The van der Waals surface area contributed by atoms with Crippen LogP contribution < -0.4 is 105 Å². The third-order valence-corrected chi connectivity index (χ3v) is 18.0. The summed E-state index contributed by atoms with van der Waals surface area (Å²) < 4.78 is 0. The normalized spacial score (nSPS) is 13.8. The van der Waals surface area contributed by atoms with Gasteiger partial charge < -0.3 is 125 Å². The lowest BCUT2D eigenvalue weighted by atomic mass is 10.0. The molecule has 600 valence electrons. The number of hydrogen-bond acceptors (Lipinski definition) is 17. The first-order valence-electron chi connectivity index (χ1n) is 36.7. The van der Waals surface area contributed by atoms with Gasteiger partial charge in [-0.2, -0.15) is 0 Å². The minimum atomic E-state index is -1.58. The number of nitrogens with zero attached hydrogens (tertiary/aromatic N) is 4. The first kappa shape index (κ1) is 87.2. The lowest BCUT2D eigenvalue weighted by Gasteiger charge is -2.28. The highest BCUT2D eigenvalue weighted by molar-refractivity contribution is 6.00. The van der Waals surface area contributed by atoms with Crippen molar-refractivity contribution in [3.05, 3.63) is 132 Å². The molecule has 6 rings (SSSR count). The van der Waals surface area contributed by atoms with Crippen molar-refractivity contribution in [1.29, 1.82) is 0 Å². The molecule has 0 saturated carbocycles. The molecule has 111 heavy (non-hydrogen) atoms. The van der Waals surface area contributed by atoms with Gasteiger partial charge in [0.25, 0.3) is 0 Å². The van der Waals surface area contributed by atoms with Gasteiger partial charge in [0.1, 0.15) is 65.9 Å². The minimum absolute atomic E-state index is 0.00112. The molecule has 0 aliphatic heterocycles. The summed E-state index contributed by atoms with van der Waals surface area (Å²) in [5, 5.41) is 46.3. The maximum Gasteiger partial charge on any atom is 0.243 e. The van der Waals surface area contributed by atoms with Crippen molar-refractivity contribution in [2.45, 2.75) is 177 Å². The zero-order chi connectivity index (χ0) is 81.1. The summed E-state index contributed by atoms with van der Waals surface area (Å²) in [4.78, 5) is 168. The van der Waals surface area contributed by atoms with Gasteiger partial charge in [0, 0.05) is 79.6 Å². The smallest absolute Gasteiger partial charge is 0.243 e. The monoisotopic (exact) mass is 1540 g/mol. The molecule has 0 bridgehead atoms. The van der Waals surface area contributed by atoms with Crippen molar-refractivity contribution in [2.24, 2.45) is 77.3 Å². The van der Waals surface area contributed by atoms with Crippen LogP contribution in [0, 0.1) is 0 Å². The Morgan fingerprint density at radius 3 is 0.937 bits per heavy atom. The highest BCUT2D eigenvalue weighted by atomic mass is 16.3. The molecular weight excluding hydrogens is 1430 g/mol. The average molecular weight is 1540 g/mol. The molecule has 6 aromatic rings. The second-order valence-electron chi connectivity index (χ2n) is 26.8. The van der Waals surface area contributed by atoms with Crippen LogP contribution in [0.1, 0.15) is 113 Å². The molecule has 37 heteroatoms. The highest BCUT2D eigenvalue weighted by Gasteiger charge is 2.37. The third kappa shape index (κ3) is 29.4. The molecule has 10 atom stereocenters. The fourth-order valence-electron chi connectivity index (χ4n) is 12.2. The predicted octanol–water partition coefficient (Wildman–Crippen LogP) is -2.68. The topological polar surface area (TPSA) is 661 Å². The van der Waals surface area contributed by atoms with E-state index in [-0.39, 0.29) is 151 Å². The van der Waals surface area contributed by atoms with Crippen molar-refractivity contribution < 1.29 is 58.2 Å². The number of carbonyl (C=O) groups is 10. The average Bonchev–Trinajstić information content (AvgIpc) is 1.72. The number of guanidine groups is 4. The van der Waals surface area contributed by atoms with Crippen LogP contribution in [0.3, 0.4) is 0 Å². The molecule has 0 aliphatic carbocycles. The maximum absolute atomic E-state index is 15.4. The van der Waals surface area contributed by atoms with Gasteiger partial charge in [-0.25, -0.2) is 0 Å². The van der Waals surface area contributed by atoms with Crippen molar-refractivity contribution in [3.8, 4) is 11.5 Å². The van der Waals surface area contributed by atoms with Crippen molar-refractivity contribution in [3.63, 3.8) is 0 Å². The second-order valence-corrected chi connectivity index (χ2v) is 26.8. The predicted molar refractivity (Wildman–Crippen MR) is 422 cm³/mol. The molecule has 4 aromatic carbocycles. The number of fused-ring (bicyclic) bond motifs is 2. The van der Waals surface area contributed by atoms with Crippen molar-refractivity contribution in [1.82, 2.24) is 57.8 Å². The minimum Gasteiger partial charge on any atom is -0.508 e. The Balaban J connectivity index is 1.30. The van der Waals surface area contributed by atoms with Gasteiger partial charge in [-0.3, -0.25) is 67.9 Å². The third-order valence-electron chi connectivity index (χ3n) is 18.0. The Bertz CT molecular complexity index is 4220. The number of aromatic hydroxyl groups is 2.